The van der Waals surface area contributed by atoms with Crippen LogP contribution in [0.3, 0.4) is 0 Å². The summed E-state index contributed by atoms with van der Waals surface area (Å²) in [6.45, 7) is 4.73. The van der Waals surface area contributed by atoms with Crippen LogP contribution in [0.15, 0.2) is 0 Å². The molecule has 0 bridgehead atoms. The predicted molar refractivity (Wildman–Crippen MR) is 65.3 cm³/mol. The maximum Gasteiger partial charge on any atom is 0.156 e. The minimum Gasteiger partial charge on any atom is -0.359 e. The number of nitrogens with zero attached hydrogens (tertiary/aromatic N) is 3. The summed E-state index contributed by atoms with van der Waals surface area (Å²) in [7, 11) is 1.90. The first-order valence-electron chi connectivity index (χ1n) is 5.30. The number of aryl methyl sites for hydroxylation is 1. The average Bonchev–Trinajstić information content (AvgIpc) is 2.24. The lowest BCUT2D eigenvalue weighted by atomic mass is 10.2. The highest BCUT2D eigenvalue weighted by Gasteiger charge is 2.14. The molecule has 0 saturated carbocycles. The zero-order chi connectivity index (χ0) is 12.1. The average molecular weight is 242 g/mol. The third-order valence-corrected chi connectivity index (χ3v) is 2.61. The third kappa shape index (κ3) is 2.92. The zero-order valence-corrected chi connectivity index (χ0v) is 10.6. The molecule has 0 spiro atoms. The minimum absolute atomic E-state index is 0.223. The number of carbonyl (C=O) groups is 1. The van der Waals surface area contributed by atoms with E-state index in [0.29, 0.717) is 23.5 Å². The van der Waals surface area contributed by atoms with Crippen molar-refractivity contribution < 1.29 is 4.79 Å². The van der Waals surface area contributed by atoms with Gasteiger partial charge in [-0.15, -0.1) is 0 Å². The van der Waals surface area contributed by atoms with E-state index in [1.54, 1.807) is 6.92 Å². The van der Waals surface area contributed by atoms with Crippen molar-refractivity contribution in [1.82, 2.24) is 9.97 Å². The molecule has 0 aromatic carbocycles. The predicted octanol–water partition coefficient (Wildman–Crippen LogP) is 2.49. The van der Waals surface area contributed by atoms with E-state index in [2.05, 4.69) is 16.9 Å². The third-order valence-electron chi connectivity index (χ3n) is 2.32. The summed E-state index contributed by atoms with van der Waals surface area (Å²) in [5.41, 5.74) is 0.367. The topological polar surface area (TPSA) is 46.1 Å². The van der Waals surface area contributed by atoms with Gasteiger partial charge >= 0.3 is 0 Å². The molecule has 0 N–H and O–H groups in total. The van der Waals surface area contributed by atoms with Gasteiger partial charge in [0, 0.05) is 13.6 Å². The molecule has 5 heteroatoms. The quantitative estimate of drug-likeness (QED) is 0.587. The Morgan fingerprint density at radius 2 is 2.12 bits per heavy atom. The van der Waals surface area contributed by atoms with E-state index < -0.39 is 0 Å². The molecule has 0 saturated heterocycles. The van der Waals surface area contributed by atoms with Crippen LogP contribution >= 0.6 is 11.6 Å². The molecule has 0 aliphatic rings. The van der Waals surface area contributed by atoms with Crippen LogP contribution in [0.2, 0.25) is 5.15 Å². The van der Waals surface area contributed by atoms with Gasteiger partial charge in [0.25, 0.3) is 0 Å². The molecule has 1 aromatic heterocycles. The summed E-state index contributed by atoms with van der Waals surface area (Å²) in [4.78, 5) is 21.1. The number of aldehydes is 1. The van der Waals surface area contributed by atoms with Gasteiger partial charge in [-0.05, 0) is 13.3 Å². The van der Waals surface area contributed by atoms with E-state index >= 15 is 0 Å². The summed E-state index contributed by atoms with van der Waals surface area (Å²) in [6.07, 6.45) is 2.85. The van der Waals surface area contributed by atoms with E-state index in [0.717, 1.165) is 19.4 Å². The fourth-order valence-corrected chi connectivity index (χ4v) is 1.68. The van der Waals surface area contributed by atoms with Crippen LogP contribution < -0.4 is 4.90 Å². The van der Waals surface area contributed by atoms with Gasteiger partial charge in [-0.1, -0.05) is 24.9 Å². The number of carbonyl (C=O) groups excluding carboxylic acids is 1. The highest BCUT2D eigenvalue weighted by molar-refractivity contribution is 6.32. The van der Waals surface area contributed by atoms with Crippen molar-refractivity contribution in [2.24, 2.45) is 0 Å². The molecule has 0 amide bonds. The highest BCUT2D eigenvalue weighted by atomic mass is 35.5. The number of hydrogen-bond acceptors (Lipinski definition) is 4. The SMILES string of the molecule is CCCCN(C)c1nc(C)nc(Cl)c1C=O. The maximum atomic E-state index is 10.9. The molecular formula is C11H16ClN3O. The van der Waals surface area contributed by atoms with Crippen LogP contribution in [-0.4, -0.2) is 29.8 Å². The molecule has 0 atom stereocenters. The minimum atomic E-state index is 0.223. The van der Waals surface area contributed by atoms with E-state index in [9.17, 15) is 4.79 Å². The van der Waals surface area contributed by atoms with Crippen LogP contribution in [0, 0.1) is 6.92 Å². The number of aromatic nitrogens is 2. The van der Waals surface area contributed by atoms with Crippen molar-refractivity contribution in [2.75, 3.05) is 18.5 Å². The van der Waals surface area contributed by atoms with Gasteiger partial charge in [-0.2, -0.15) is 0 Å². The Kier molecular flexibility index (Phi) is 4.68. The van der Waals surface area contributed by atoms with Crippen LogP contribution in [0.4, 0.5) is 5.82 Å². The van der Waals surface area contributed by atoms with Crippen LogP contribution in [0.5, 0.6) is 0 Å². The molecule has 0 radical (unpaired) electrons. The fourth-order valence-electron chi connectivity index (χ4n) is 1.43. The second-order valence-electron chi connectivity index (χ2n) is 3.69. The first-order valence-corrected chi connectivity index (χ1v) is 5.68. The Labute approximate surface area is 101 Å². The number of rotatable bonds is 5. The van der Waals surface area contributed by atoms with Gasteiger partial charge in [0.15, 0.2) is 6.29 Å². The molecule has 16 heavy (non-hydrogen) atoms. The largest absolute Gasteiger partial charge is 0.359 e. The van der Waals surface area contributed by atoms with Gasteiger partial charge < -0.3 is 4.90 Å². The molecule has 1 rings (SSSR count). The molecule has 88 valence electrons. The summed E-state index contributed by atoms with van der Waals surface area (Å²) in [5.74, 6) is 1.19. The van der Waals surface area contributed by atoms with Gasteiger partial charge in [-0.25, -0.2) is 9.97 Å². The van der Waals surface area contributed by atoms with Crippen molar-refractivity contribution in [2.45, 2.75) is 26.7 Å². The molecule has 4 nitrogen and oxygen atoms in total. The summed E-state index contributed by atoms with van der Waals surface area (Å²) < 4.78 is 0. The number of hydrogen-bond donors (Lipinski definition) is 0. The van der Waals surface area contributed by atoms with Gasteiger partial charge in [0.2, 0.25) is 0 Å². The molecule has 1 aromatic rings. The second-order valence-corrected chi connectivity index (χ2v) is 4.05. The zero-order valence-electron chi connectivity index (χ0n) is 9.83. The van der Waals surface area contributed by atoms with Crippen molar-refractivity contribution in [1.29, 1.82) is 0 Å². The van der Waals surface area contributed by atoms with E-state index in [1.165, 1.54) is 0 Å². The first kappa shape index (κ1) is 12.9. The Morgan fingerprint density at radius 1 is 1.44 bits per heavy atom. The van der Waals surface area contributed by atoms with Crippen molar-refractivity contribution in [3.63, 3.8) is 0 Å². The van der Waals surface area contributed by atoms with Gasteiger partial charge in [0.1, 0.15) is 16.8 Å². The van der Waals surface area contributed by atoms with E-state index in [1.807, 2.05) is 11.9 Å². The lowest BCUT2D eigenvalue weighted by molar-refractivity contribution is 0.112. The fraction of sp³-hybridized carbons (Fsp3) is 0.545. The Morgan fingerprint density at radius 3 is 2.69 bits per heavy atom. The summed E-state index contributed by atoms with van der Waals surface area (Å²) >= 11 is 5.90. The normalized spacial score (nSPS) is 10.2. The molecule has 0 fully saturated rings. The number of halogens is 1. The van der Waals surface area contributed by atoms with Crippen molar-refractivity contribution in [3.05, 3.63) is 16.5 Å². The summed E-state index contributed by atoms with van der Waals surface area (Å²) in [6, 6.07) is 0. The highest BCUT2D eigenvalue weighted by Crippen LogP contribution is 2.21. The molecule has 1 heterocycles. The smallest absolute Gasteiger partial charge is 0.156 e. The summed E-state index contributed by atoms with van der Waals surface area (Å²) in [5, 5.41) is 0.223. The maximum absolute atomic E-state index is 10.9. The molecule has 0 aliphatic heterocycles. The lowest BCUT2D eigenvalue weighted by Gasteiger charge is -2.19. The van der Waals surface area contributed by atoms with Crippen LogP contribution in [-0.2, 0) is 0 Å². The van der Waals surface area contributed by atoms with Crippen LogP contribution in [0.1, 0.15) is 35.9 Å². The van der Waals surface area contributed by atoms with Crippen LogP contribution in [0.25, 0.3) is 0 Å². The first-order chi connectivity index (χ1) is 7.60. The number of unbranched alkanes of at least 4 members (excludes halogenated alkanes) is 1. The molecular weight excluding hydrogens is 226 g/mol. The molecule has 0 aliphatic carbocycles. The number of anilines is 1. The lowest BCUT2D eigenvalue weighted by Crippen LogP contribution is -2.22. The van der Waals surface area contributed by atoms with Crippen molar-refractivity contribution >= 4 is 23.7 Å². The van der Waals surface area contributed by atoms with E-state index in [4.69, 9.17) is 11.6 Å². The Balaban J connectivity index is 3.05. The van der Waals surface area contributed by atoms with E-state index in [-0.39, 0.29) is 5.15 Å². The Bertz CT molecular complexity index is 382. The Hall–Kier alpha value is -1.16. The molecule has 0 unspecified atom stereocenters. The van der Waals surface area contributed by atoms with Gasteiger partial charge in [0.05, 0.1) is 5.56 Å². The standard InChI is InChI=1S/C11H16ClN3O/c1-4-5-6-15(3)11-9(7-16)10(12)13-8(2)14-11/h7H,4-6H2,1-3H3. The van der Waals surface area contributed by atoms with Crippen molar-refractivity contribution in [3.8, 4) is 0 Å². The van der Waals surface area contributed by atoms with Gasteiger partial charge in [-0.3, -0.25) is 4.79 Å². The monoisotopic (exact) mass is 241 g/mol. The second kappa shape index (κ2) is 5.80.